The second kappa shape index (κ2) is 8.76. The lowest BCUT2D eigenvalue weighted by molar-refractivity contribution is -0.132. The molecule has 12 heteroatoms. The number of nitrogens with one attached hydrogen (secondary N) is 1. The van der Waals surface area contributed by atoms with E-state index in [-0.39, 0.29) is 18.2 Å². The van der Waals surface area contributed by atoms with Crippen LogP contribution in [0.2, 0.25) is 0 Å². The molecule has 0 aliphatic carbocycles. The Kier molecular flexibility index (Phi) is 5.92. The van der Waals surface area contributed by atoms with Crippen LogP contribution in [-0.4, -0.2) is 63.5 Å². The Balaban J connectivity index is 1.32. The SMILES string of the molecule is O=C(Cn1c(=O)oc2ccccc21)Nc1nnc(SCC(=O)N2CCOCC2)s1. The molecule has 2 amide bonds. The van der Waals surface area contributed by atoms with Gasteiger partial charge in [0, 0.05) is 13.1 Å². The Bertz CT molecular complexity index is 1090. The van der Waals surface area contributed by atoms with Gasteiger partial charge in [0.1, 0.15) is 6.54 Å². The van der Waals surface area contributed by atoms with Crippen molar-refractivity contribution in [2.24, 2.45) is 0 Å². The van der Waals surface area contributed by atoms with Gasteiger partial charge in [-0.25, -0.2) is 4.79 Å². The van der Waals surface area contributed by atoms with Crippen molar-refractivity contribution >= 4 is 51.1 Å². The minimum atomic E-state index is -0.600. The normalized spacial score (nSPS) is 14.3. The van der Waals surface area contributed by atoms with Crippen molar-refractivity contribution in [2.75, 3.05) is 37.4 Å². The van der Waals surface area contributed by atoms with Crippen molar-refractivity contribution in [3.8, 4) is 0 Å². The lowest BCUT2D eigenvalue weighted by atomic mass is 10.3. The highest BCUT2D eigenvalue weighted by atomic mass is 32.2. The number of oxazole rings is 1. The number of carbonyl (C=O) groups excluding carboxylic acids is 2. The van der Waals surface area contributed by atoms with Crippen LogP contribution in [0.25, 0.3) is 11.1 Å². The number of hydrogen-bond acceptors (Lipinski definition) is 9. The first-order valence-electron chi connectivity index (χ1n) is 8.80. The minimum Gasteiger partial charge on any atom is -0.408 e. The van der Waals surface area contributed by atoms with E-state index in [9.17, 15) is 14.4 Å². The van der Waals surface area contributed by atoms with E-state index in [2.05, 4.69) is 15.5 Å². The van der Waals surface area contributed by atoms with Gasteiger partial charge in [0.05, 0.1) is 24.5 Å². The Morgan fingerprint density at radius 1 is 1.21 bits per heavy atom. The monoisotopic (exact) mass is 435 g/mol. The second-order valence-electron chi connectivity index (χ2n) is 6.12. The summed E-state index contributed by atoms with van der Waals surface area (Å²) in [6.07, 6.45) is 0. The first-order chi connectivity index (χ1) is 14.1. The fraction of sp³-hybridized carbons (Fsp3) is 0.353. The summed E-state index contributed by atoms with van der Waals surface area (Å²) in [5.74, 6) is -0.753. The fourth-order valence-corrected chi connectivity index (χ4v) is 4.48. The van der Waals surface area contributed by atoms with Crippen molar-refractivity contribution in [2.45, 2.75) is 10.9 Å². The van der Waals surface area contributed by atoms with E-state index in [4.69, 9.17) is 9.15 Å². The summed E-state index contributed by atoms with van der Waals surface area (Å²) in [5, 5.41) is 10.8. The molecular weight excluding hydrogens is 418 g/mol. The molecule has 0 saturated carbocycles. The third-order valence-electron chi connectivity index (χ3n) is 4.21. The van der Waals surface area contributed by atoms with Crippen LogP contribution in [0.1, 0.15) is 0 Å². The number of aromatic nitrogens is 3. The number of para-hydroxylation sites is 2. The molecule has 3 heterocycles. The van der Waals surface area contributed by atoms with Gasteiger partial charge < -0.3 is 14.1 Å². The third kappa shape index (κ3) is 4.66. The van der Waals surface area contributed by atoms with E-state index in [0.29, 0.717) is 46.9 Å². The zero-order valence-electron chi connectivity index (χ0n) is 15.2. The number of amides is 2. The average Bonchev–Trinajstić information content (AvgIpc) is 3.31. The van der Waals surface area contributed by atoms with Gasteiger partial charge in [0.25, 0.3) is 0 Å². The molecule has 1 aliphatic heterocycles. The van der Waals surface area contributed by atoms with Gasteiger partial charge in [0.15, 0.2) is 9.92 Å². The number of thioether (sulfide) groups is 1. The summed E-state index contributed by atoms with van der Waals surface area (Å²) in [6, 6.07) is 6.88. The molecule has 1 saturated heterocycles. The summed E-state index contributed by atoms with van der Waals surface area (Å²) in [5.41, 5.74) is 0.965. The van der Waals surface area contributed by atoms with Gasteiger partial charge in [0.2, 0.25) is 16.9 Å². The largest absolute Gasteiger partial charge is 0.420 e. The molecule has 4 rings (SSSR count). The highest BCUT2D eigenvalue weighted by molar-refractivity contribution is 8.01. The number of carbonyl (C=O) groups is 2. The molecule has 10 nitrogen and oxygen atoms in total. The molecule has 3 aromatic rings. The maximum Gasteiger partial charge on any atom is 0.420 e. The molecule has 1 fully saturated rings. The van der Waals surface area contributed by atoms with Gasteiger partial charge in [-0.2, -0.15) is 0 Å². The Morgan fingerprint density at radius 2 is 2.00 bits per heavy atom. The number of ether oxygens (including phenoxy) is 1. The fourth-order valence-electron chi connectivity index (χ4n) is 2.81. The van der Waals surface area contributed by atoms with E-state index in [1.165, 1.54) is 27.7 Å². The lowest BCUT2D eigenvalue weighted by Crippen LogP contribution is -2.41. The molecule has 29 heavy (non-hydrogen) atoms. The summed E-state index contributed by atoms with van der Waals surface area (Å²) in [7, 11) is 0. The Hall–Kier alpha value is -2.70. The van der Waals surface area contributed by atoms with Crippen molar-refractivity contribution in [3.05, 3.63) is 34.8 Å². The number of rotatable bonds is 6. The zero-order chi connectivity index (χ0) is 20.2. The topological polar surface area (TPSA) is 120 Å². The van der Waals surface area contributed by atoms with Crippen LogP contribution >= 0.6 is 23.1 Å². The van der Waals surface area contributed by atoms with Crippen LogP contribution < -0.4 is 11.1 Å². The molecule has 1 N–H and O–H groups in total. The van der Waals surface area contributed by atoms with E-state index < -0.39 is 11.7 Å². The van der Waals surface area contributed by atoms with Crippen LogP contribution in [-0.2, 0) is 20.9 Å². The molecule has 152 valence electrons. The first kappa shape index (κ1) is 19.6. The first-order valence-corrected chi connectivity index (χ1v) is 10.6. The van der Waals surface area contributed by atoms with Crippen molar-refractivity contribution < 1.29 is 18.7 Å². The van der Waals surface area contributed by atoms with Crippen LogP contribution in [0.5, 0.6) is 0 Å². The molecule has 2 aromatic heterocycles. The molecule has 0 spiro atoms. The number of hydrogen-bond donors (Lipinski definition) is 1. The maximum atomic E-state index is 12.3. The second-order valence-corrected chi connectivity index (χ2v) is 8.32. The number of nitrogens with zero attached hydrogens (tertiary/aromatic N) is 4. The van der Waals surface area contributed by atoms with E-state index >= 15 is 0 Å². The van der Waals surface area contributed by atoms with Gasteiger partial charge in [-0.1, -0.05) is 35.2 Å². The van der Waals surface area contributed by atoms with Crippen LogP contribution in [0.4, 0.5) is 5.13 Å². The smallest absolute Gasteiger partial charge is 0.408 e. The molecule has 0 unspecified atom stereocenters. The molecule has 1 aliphatic rings. The number of morpholine rings is 1. The molecule has 0 bridgehead atoms. The molecule has 0 atom stereocenters. The molecule has 1 aromatic carbocycles. The average molecular weight is 435 g/mol. The van der Waals surface area contributed by atoms with Gasteiger partial charge in [-0.05, 0) is 12.1 Å². The Morgan fingerprint density at radius 3 is 2.83 bits per heavy atom. The summed E-state index contributed by atoms with van der Waals surface area (Å²) >= 11 is 2.44. The van der Waals surface area contributed by atoms with Crippen LogP contribution in [0.15, 0.2) is 37.8 Å². The highest BCUT2D eigenvalue weighted by Gasteiger charge is 2.18. The maximum absolute atomic E-state index is 12.3. The zero-order valence-corrected chi connectivity index (χ0v) is 16.8. The van der Waals surface area contributed by atoms with Gasteiger partial charge in [-0.3, -0.25) is 19.5 Å². The van der Waals surface area contributed by atoms with E-state index in [1.54, 1.807) is 29.2 Å². The lowest BCUT2D eigenvalue weighted by Gasteiger charge is -2.26. The number of fused-ring (bicyclic) bond motifs is 1. The van der Waals surface area contributed by atoms with Crippen LogP contribution in [0, 0.1) is 0 Å². The quantitative estimate of drug-likeness (QED) is 0.450. The standard InChI is InChI=1S/C17H17N5O5S2/c23-13(9-22-11-3-1-2-4-12(11)27-17(22)25)18-15-19-20-16(29-15)28-10-14(24)21-5-7-26-8-6-21/h1-4H,5-10H2,(H,18,19,23). The summed E-state index contributed by atoms with van der Waals surface area (Å²) in [6.45, 7) is 2.10. The van der Waals surface area contributed by atoms with Crippen molar-refractivity contribution in [1.29, 1.82) is 0 Å². The summed E-state index contributed by atoms with van der Waals surface area (Å²) in [4.78, 5) is 38.2. The predicted octanol–water partition coefficient (Wildman–Crippen LogP) is 1.04. The molecular formula is C17H17N5O5S2. The van der Waals surface area contributed by atoms with E-state index in [0.717, 1.165) is 0 Å². The predicted molar refractivity (Wildman–Crippen MR) is 107 cm³/mol. The van der Waals surface area contributed by atoms with Crippen LogP contribution in [0.3, 0.4) is 0 Å². The summed E-state index contributed by atoms with van der Waals surface area (Å²) < 4.78 is 12.2. The third-order valence-corrected chi connectivity index (χ3v) is 6.17. The number of anilines is 1. The molecule has 0 radical (unpaired) electrons. The van der Waals surface area contributed by atoms with E-state index in [1.807, 2.05) is 0 Å². The highest BCUT2D eigenvalue weighted by Crippen LogP contribution is 2.26. The number of benzene rings is 1. The van der Waals surface area contributed by atoms with Crippen molar-refractivity contribution in [1.82, 2.24) is 19.7 Å². The van der Waals surface area contributed by atoms with Crippen molar-refractivity contribution in [3.63, 3.8) is 0 Å². The minimum absolute atomic E-state index is 0.0188. The van der Waals surface area contributed by atoms with Gasteiger partial charge in [-0.15, -0.1) is 10.2 Å². The Labute approximate surface area is 172 Å². The van der Waals surface area contributed by atoms with Gasteiger partial charge >= 0.3 is 5.76 Å².